The van der Waals surface area contributed by atoms with E-state index in [4.69, 9.17) is 37.9 Å². The molecule has 16 heavy (non-hydrogen) atoms. The van der Waals surface area contributed by atoms with Crippen molar-refractivity contribution in [1.29, 1.82) is 0 Å². The predicted octanol–water partition coefficient (Wildman–Crippen LogP) is 1.23. The number of aryl methyl sites for hydroxylation is 1. The molecule has 0 radical (unpaired) electrons. The Labute approximate surface area is 101 Å². The van der Waals surface area contributed by atoms with Crippen LogP contribution in [0.15, 0.2) is 12.1 Å². The number of fused-ring (bicyclic) bond motifs is 1. The highest BCUT2D eigenvalue weighted by Gasteiger charge is 2.18. The lowest BCUT2D eigenvalue weighted by Crippen LogP contribution is -2.20. The number of nitrogens with zero attached hydrogens (tertiary/aromatic N) is 2. The van der Waals surface area contributed by atoms with Crippen LogP contribution in [0, 0.1) is 0 Å². The Hall–Kier alpha value is -0.945. The summed E-state index contributed by atoms with van der Waals surface area (Å²) in [4.78, 5) is 0. The maximum absolute atomic E-state index is 8.70. The minimum atomic E-state index is -1.93. The lowest BCUT2D eigenvalue weighted by atomic mass is 10.2. The van der Waals surface area contributed by atoms with E-state index >= 15 is 0 Å². The van der Waals surface area contributed by atoms with Crippen molar-refractivity contribution in [3.8, 4) is 5.75 Å². The van der Waals surface area contributed by atoms with E-state index in [0.717, 1.165) is 0 Å². The van der Waals surface area contributed by atoms with E-state index in [1.165, 1.54) is 10.7 Å². The maximum atomic E-state index is 8.70. The van der Waals surface area contributed by atoms with Crippen LogP contribution in [0.3, 0.4) is 0 Å². The normalized spacial score (nSPS) is 10.8. The van der Waals surface area contributed by atoms with E-state index in [9.17, 15) is 0 Å². The molecule has 0 bridgehead atoms. The summed E-state index contributed by atoms with van der Waals surface area (Å²) < 4.78 is 6.17. The third kappa shape index (κ3) is 1.85. The highest BCUT2D eigenvalue weighted by atomic mass is 35.5. The van der Waals surface area contributed by atoms with Gasteiger partial charge < -0.3 is 14.7 Å². The fourth-order valence-corrected chi connectivity index (χ4v) is 1.97. The molecule has 1 heterocycles. The molecule has 1 aromatic heterocycles. The van der Waals surface area contributed by atoms with Crippen LogP contribution >= 0.6 is 23.2 Å². The van der Waals surface area contributed by atoms with Gasteiger partial charge in [-0.15, -0.1) is 0 Å². The van der Waals surface area contributed by atoms with Gasteiger partial charge in [0.15, 0.2) is 0 Å². The Balaban J connectivity index is 2.63. The van der Waals surface area contributed by atoms with Crippen molar-refractivity contribution in [2.45, 2.75) is 0 Å². The van der Waals surface area contributed by atoms with E-state index < -0.39 is 7.32 Å². The van der Waals surface area contributed by atoms with Crippen LogP contribution in [0.5, 0.6) is 5.75 Å². The van der Waals surface area contributed by atoms with E-state index in [2.05, 4.69) is 5.10 Å². The summed E-state index contributed by atoms with van der Waals surface area (Å²) in [6.45, 7) is 0. The van der Waals surface area contributed by atoms with Crippen molar-refractivity contribution in [2.75, 3.05) is 0 Å². The summed E-state index contributed by atoms with van der Waals surface area (Å²) in [6.07, 6.45) is 0. The second kappa shape index (κ2) is 4.14. The third-order valence-electron chi connectivity index (χ3n) is 2.07. The summed E-state index contributed by atoms with van der Waals surface area (Å²) in [5.41, 5.74) is 0.609. The van der Waals surface area contributed by atoms with Crippen molar-refractivity contribution < 1.29 is 14.7 Å². The first-order valence-electron chi connectivity index (χ1n) is 4.34. The number of aromatic nitrogens is 2. The molecular weight excluding hydrogens is 254 g/mol. The van der Waals surface area contributed by atoms with Gasteiger partial charge in [0.05, 0.1) is 15.9 Å². The smallest absolute Gasteiger partial charge is 0.511 e. The zero-order valence-electron chi connectivity index (χ0n) is 8.19. The molecule has 0 amide bonds. The molecule has 2 rings (SSSR count). The second-order valence-corrected chi connectivity index (χ2v) is 3.87. The largest absolute Gasteiger partial charge is 0.707 e. The summed E-state index contributed by atoms with van der Waals surface area (Å²) in [6, 6.07) is 3.12. The van der Waals surface area contributed by atoms with Gasteiger partial charge in [0.1, 0.15) is 10.9 Å². The first-order valence-corrected chi connectivity index (χ1v) is 5.10. The molecule has 0 unspecified atom stereocenters. The zero-order valence-corrected chi connectivity index (χ0v) is 9.70. The standard InChI is InChI=1S/C8H7BCl2N2O3/c1-13-8(11)6-4(12-13)2-3-5(7(6)10)16-9(14)15/h2-3,14-15H,1H3. The summed E-state index contributed by atoms with van der Waals surface area (Å²) >= 11 is 12.0. The predicted molar refractivity (Wildman–Crippen MR) is 61.6 cm³/mol. The molecule has 2 aromatic rings. The number of hydrogen-bond acceptors (Lipinski definition) is 4. The molecule has 0 saturated heterocycles. The van der Waals surface area contributed by atoms with Gasteiger partial charge in [-0.05, 0) is 12.1 Å². The van der Waals surface area contributed by atoms with Gasteiger partial charge in [-0.2, -0.15) is 5.10 Å². The number of rotatable bonds is 2. The Morgan fingerprint density at radius 2 is 2.06 bits per heavy atom. The molecule has 8 heteroatoms. The monoisotopic (exact) mass is 260 g/mol. The lowest BCUT2D eigenvalue weighted by molar-refractivity contribution is 0.288. The Bertz CT molecular complexity index is 544. The van der Waals surface area contributed by atoms with Crippen molar-refractivity contribution in [2.24, 2.45) is 7.05 Å². The first kappa shape index (κ1) is 11.5. The van der Waals surface area contributed by atoms with Crippen LogP contribution in [-0.2, 0) is 7.05 Å². The highest BCUT2D eigenvalue weighted by molar-refractivity contribution is 6.43. The molecule has 0 atom stereocenters. The molecule has 0 aliphatic heterocycles. The van der Waals surface area contributed by atoms with Crippen molar-refractivity contribution in [3.05, 3.63) is 22.3 Å². The molecule has 5 nitrogen and oxygen atoms in total. The van der Waals surface area contributed by atoms with Crippen molar-refractivity contribution in [3.63, 3.8) is 0 Å². The molecule has 2 N–H and O–H groups in total. The van der Waals surface area contributed by atoms with Gasteiger partial charge in [0.25, 0.3) is 0 Å². The average molecular weight is 261 g/mol. The number of benzene rings is 1. The number of hydrogen-bond donors (Lipinski definition) is 2. The van der Waals surface area contributed by atoms with Gasteiger partial charge in [0.2, 0.25) is 0 Å². The SMILES string of the molecule is Cn1nc2ccc(OB(O)O)c(Cl)c2c1Cl. The van der Waals surface area contributed by atoms with Gasteiger partial charge in [0, 0.05) is 7.05 Å². The zero-order chi connectivity index (χ0) is 11.9. The minimum absolute atomic E-state index is 0.138. The van der Waals surface area contributed by atoms with Gasteiger partial charge in [-0.25, -0.2) is 0 Å². The highest BCUT2D eigenvalue weighted by Crippen LogP contribution is 2.36. The summed E-state index contributed by atoms with van der Waals surface area (Å²) in [5, 5.41) is 22.6. The summed E-state index contributed by atoms with van der Waals surface area (Å²) in [5.74, 6) is 0.138. The Morgan fingerprint density at radius 1 is 1.38 bits per heavy atom. The minimum Gasteiger partial charge on any atom is -0.511 e. The van der Waals surface area contributed by atoms with E-state index in [1.807, 2.05) is 0 Å². The van der Waals surface area contributed by atoms with Crippen LogP contribution < -0.4 is 4.65 Å². The fraction of sp³-hybridized carbons (Fsp3) is 0.125. The molecule has 0 aliphatic rings. The lowest BCUT2D eigenvalue weighted by Gasteiger charge is -2.06. The fourth-order valence-electron chi connectivity index (χ4n) is 1.40. The van der Waals surface area contributed by atoms with Crippen LogP contribution in [0.2, 0.25) is 10.2 Å². The van der Waals surface area contributed by atoms with E-state index in [0.29, 0.717) is 16.1 Å². The molecule has 84 valence electrons. The molecule has 0 aliphatic carbocycles. The van der Waals surface area contributed by atoms with E-state index in [1.54, 1.807) is 13.1 Å². The van der Waals surface area contributed by atoms with Crippen LogP contribution in [0.4, 0.5) is 0 Å². The quantitative estimate of drug-likeness (QED) is 0.797. The van der Waals surface area contributed by atoms with E-state index in [-0.39, 0.29) is 10.8 Å². The topological polar surface area (TPSA) is 67.5 Å². The van der Waals surface area contributed by atoms with Crippen LogP contribution in [0.1, 0.15) is 0 Å². The average Bonchev–Trinajstić information content (AvgIpc) is 2.48. The maximum Gasteiger partial charge on any atom is 0.707 e. The molecule has 0 fully saturated rings. The summed E-state index contributed by atoms with van der Waals surface area (Å²) in [7, 11) is -0.245. The number of halogens is 2. The molecular formula is C8H7BCl2N2O3. The Kier molecular flexibility index (Phi) is 2.99. The second-order valence-electron chi connectivity index (χ2n) is 3.13. The van der Waals surface area contributed by atoms with Crippen molar-refractivity contribution >= 4 is 41.4 Å². The van der Waals surface area contributed by atoms with Gasteiger partial charge >= 0.3 is 7.32 Å². The van der Waals surface area contributed by atoms with Crippen molar-refractivity contribution in [1.82, 2.24) is 9.78 Å². The van der Waals surface area contributed by atoms with Crippen LogP contribution in [0.25, 0.3) is 10.9 Å². The first-order chi connectivity index (χ1) is 7.50. The molecule has 0 saturated carbocycles. The third-order valence-corrected chi connectivity index (χ3v) is 2.87. The van der Waals surface area contributed by atoms with Gasteiger partial charge in [-0.3, -0.25) is 4.68 Å². The molecule has 1 aromatic carbocycles. The molecule has 0 spiro atoms. The van der Waals surface area contributed by atoms with Gasteiger partial charge in [-0.1, -0.05) is 23.2 Å². The van der Waals surface area contributed by atoms with Crippen LogP contribution in [-0.4, -0.2) is 27.1 Å². The Morgan fingerprint density at radius 3 is 2.69 bits per heavy atom.